The van der Waals surface area contributed by atoms with Crippen molar-refractivity contribution >= 4 is 17.1 Å². The Morgan fingerprint density at radius 3 is 1.75 bits per heavy atom. The standard InChI is InChI=1S/C52H41N3/c1-4-6-20-38(5-2)50(49-37(3)19-18-29-48(49)51(43-25-16-17-26-43)54-52(55-53)44-27-14-9-15-28-44)42-32-30-41(31-33-42)47-35-45(39-21-10-7-11-22-39)34-46(36-47)40-23-12-8-13-24-40/h4-25,27-36H,1-2,53H2,3H3/b20-6-,50-38+,54-51-,55-52-. The second kappa shape index (κ2) is 17.0. The van der Waals surface area contributed by atoms with E-state index in [9.17, 15) is 0 Å². The third-order valence-electron chi connectivity index (χ3n) is 9.58. The molecule has 6 aromatic rings. The maximum atomic E-state index is 6.00. The van der Waals surface area contributed by atoms with Crippen molar-refractivity contribution in [3.8, 4) is 33.4 Å². The summed E-state index contributed by atoms with van der Waals surface area (Å²) in [7, 11) is 0. The van der Waals surface area contributed by atoms with Crippen LogP contribution < -0.4 is 5.84 Å². The number of benzene rings is 6. The van der Waals surface area contributed by atoms with Crippen molar-refractivity contribution in [3.63, 3.8) is 0 Å². The highest BCUT2D eigenvalue weighted by Gasteiger charge is 2.22. The number of nitrogens with two attached hydrogens (primary N) is 1. The van der Waals surface area contributed by atoms with Gasteiger partial charge in [0, 0.05) is 16.7 Å². The van der Waals surface area contributed by atoms with Crippen LogP contribution >= 0.6 is 0 Å². The zero-order valence-electron chi connectivity index (χ0n) is 30.9. The molecular formula is C52H41N3. The van der Waals surface area contributed by atoms with E-state index in [2.05, 4.69) is 158 Å². The van der Waals surface area contributed by atoms with Crippen molar-refractivity contribution < 1.29 is 0 Å². The van der Waals surface area contributed by atoms with Crippen LogP contribution in [0.2, 0.25) is 0 Å². The van der Waals surface area contributed by atoms with Crippen LogP contribution in [-0.4, -0.2) is 11.5 Å². The largest absolute Gasteiger partial charge is 0.321 e. The smallest absolute Gasteiger partial charge is 0.179 e. The van der Waals surface area contributed by atoms with Gasteiger partial charge in [0.05, 0.1) is 5.71 Å². The molecule has 0 saturated carbocycles. The van der Waals surface area contributed by atoms with Crippen LogP contribution in [0.15, 0.2) is 234 Å². The minimum Gasteiger partial charge on any atom is -0.321 e. The topological polar surface area (TPSA) is 50.7 Å². The molecule has 0 heterocycles. The molecule has 0 saturated heterocycles. The van der Waals surface area contributed by atoms with Crippen molar-refractivity contribution in [2.24, 2.45) is 15.9 Å². The number of hydrogen-bond acceptors (Lipinski definition) is 2. The summed E-state index contributed by atoms with van der Waals surface area (Å²) in [5, 5.41) is 4.13. The molecule has 0 atom stereocenters. The van der Waals surface area contributed by atoms with E-state index in [1.807, 2.05) is 60.7 Å². The molecule has 0 bridgehead atoms. The molecule has 2 N–H and O–H groups in total. The maximum Gasteiger partial charge on any atom is 0.179 e. The van der Waals surface area contributed by atoms with Crippen LogP contribution in [0.3, 0.4) is 0 Å². The minimum absolute atomic E-state index is 0.427. The number of hydrazone groups is 1. The Balaban J connectivity index is 1.41. The Labute approximate surface area is 324 Å². The highest BCUT2D eigenvalue weighted by Crippen LogP contribution is 2.37. The average Bonchev–Trinajstić information content (AvgIpc) is 3.79. The van der Waals surface area contributed by atoms with Gasteiger partial charge in [-0.25, -0.2) is 4.99 Å². The van der Waals surface area contributed by atoms with Crippen molar-refractivity contribution in [2.75, 3.05) is 0 Å². The summed E-state index contributed by atoms with van der Waals surface area (Å²) in [5.41, 5.74) is 18.7. The molecular weight excluding hydrogens is 667 g/mol. The summed E-state index contributed by atoms with van der Waals surface area (Å²) in [6.45, 7) is 10.4. The van der Waals surface area contributed by atoms with Gasteiger partial charge in [-0.2, -0.15) is 5.10 Å². The number of allylic oxidation sites excluding steroid dienone is 8. The van der Waals surface area contributed by atoms with Gasteiger partial charge in [-0.05, 0) is 98.5 Å². The van der Waals surface area contributed by atoms with Gasteiger partial charge in [0.2, 0.25) is 0 Å². The molecule has 3 heteroatoms. The third-order valence-corrected chi connectivity index (χ3v) is 9.58. The molecule has 0 spiro atoms. The normalized spacial score (nSPS) is 13.1. The molecule has 1 aliphatic rings. The molecule has 3 nitrogen and oxygen atoms in total. The van der Waals surface area contributed by atoms with Gasteiger partial charge in [-0.15, -0.1) is 5.73 Å². The molecule has 6 aromatic carbocycles. The highest BCUT2D eigenvalue weighted by atomic mass is 15.2. The average molecular weight is 708 g/mol. The number of aliphatic imine (C=N–C) groups is 1. The van der Waals surface area contributed by atoms with Crippen molar-refractivity contribution in [2.45, 2.75) is 6.92 Å². The Bertz CT molecular complexity index is 2520. The lowest BCUT2D eigenvalue weighted by Gasteiger charge is -2.20. The SMILES string of the molecule is C=C/C=C\C(C=C)=C(/c1ccc(-c2cc(-c3ccccc3)cc(-c3ccccc3)c2)cc1)c1c(C)cccc1/C(=N\C(=N/N)c1ccccc1)C1=C=CC=C1. The summed E-state index contributed by atoms with van der Waals surface area (Å²) in [4.78, 5) is 5.15. The van der Waals surface area contributed by atoms with Crippen LogP contribution in [0.5, 0.6) is 0 Å². The first-order chi connectivity index (χ1) is 27.1. The maximum absolute atomic E-state index is 6.00. The Kier molecular flexibility index (Phi) is 11.1. The molecule has 7 rings (SSSR count). The van der Waals surface area contributed by atoms with E-state index >= 15 is 0 Å². The minimum atomic E-state index is 0.427. The number of aryl methyl sites for hydroxylation is 1. The Hall–Kier alpha value is -7.32. The van der Waals surface area contributed by atoms with Gasteiger partial charge in [-0.1, -0.05) is 177 Å². The van der Waals surface area contributed by atoms with E-state index in [1.165, 1.54) is 22.3 Å². The van der Waals surface area contributed by atoms with Gasteiger partial charge in [0.1, 0.15) is 0 Å². The lowest BCUT2D eigenvalue weighted by atomic mass is 9.83. The summed E-state index contributed by atoms with van der Waals surface area (Å²) in [5.74, 6) is 6.43. The molecule has 0 fully saturated rings. The first kappa shape index (κ1) is 36.1. The number of hydrogen-bond donors (Lipinski definition) is 1. The predicted molar refractivity (Wildman–Crippen MR) is 234 cm³/mol. The van der Waals surface area contributed by atoms with Gasteiger partial charge < -0.3 is 5.84 Å². The Morgan fingerprint density at radius 2 is 1.22 bits per heavy atom. The van der Waals surface area contributed by atoms with Gasteiger partial charge in [0.25, 0.3) is 0 Å². The molecule has 0 amide bonds. The third kappa shape index (κ3) is 8.04. The molecule has 0 radical (unpaired) electrons. The second-order valence-corrected chi connectivity index (χ2v) is 13.1. The van der Waals surface area contributed by atoms with E-state index in [-0.39, 0.29) is 0 Å². The predicted octanol–water partition coefficient (Wildman–Crippen LogP) is 12.5. The summed E-state index contributed by atoms with van der Waals surface area (Å²) < 4.78 is 0. The van der Waals surface area contributed by atoms with Crippen molar-refractivity contribution in [1.82, 2.24) is 0 Å². The molecule has 55 heavy (non-hydrogen) atoms. The van der Waals surface area contributed by atoms with Crippen LogP contribution in [0.4, 0.5) is 0 Å². The fourth-order valence-electron chi connectivity index (χ4n) is 6.90. The van der Waals surface area contributed by atoms with Crippen molar-refractivity contribution in [1.29, 1.82) is 0 Å². The van der Waals surface area contributed by atoms with Gasteiger partial charge >= 0.3 is 0 Å². The number of rotatable bonds is 11. The van der Waals surface area contributed by atoms with E-state index in [0.717, 1.165) is 55.7 Å². The molecule has 1 aliphatic carbocycles. The van der Waals surface area contributed by atoms with E-state index < -0.39 is 0 Å². The monoisotopic (exact) mass is 707 g/mol. The van der Waals surface area contributed by atoms with Gasteiger partial charge in [-0.3, -0.25) is 0 Å². The lowest BCUT2D eigenvalue weighted by molar-refractivity contribution is 1.23. The second-order valence-electron chi connectivity index (χ2n) is 13.1. The van der Waals surface area contributed by atoms with Crippen LogP contribution in [0, 0.1) is 6.92 Å². The first-order valence-electron chi connectivity index (χ1n) is 18.3. The van der Waals surface area contributed by atoms with Gasteiger partial charge in [0.15, 0.2) is 5.84 Å². The van der Waals surface area contributed by atoms with E-state index in [0.29, 0.717) is 11.5 Å². The first-order valence-corrected chi connectivity index (χ1v) is 18.3. The zero-order valence-corrected chi connectivity index (χ0v) is 30.9. The highest BCUT2D eigenvalue weighted by molar-refractivity contribution is 6.23. The van der Waals surface area contributed by atoms with Crippen LogP contribution in [0.1, 0.15) is 27.8 Å². The summed E-state index contributed by atoms with van der Waals surface area (Å²) in [6, 6.07) is 52.8. The molecule has 0 unspecified atom stereocenters. The lowest BCUT2D eigenvalue weighted by Crippen LogP contribution is -2.13. The van der Waals surface area contributed by atoms with Crippen LogP contribution in [0.25, 0.3) is 39.0 Å². The number of amidine groups is 1. The van der Waals surface area contributed by atoms with Crippen molar-refractivity contribution in [3.05, 3.63) is 252 Å². The molecule has 0 aromatic heterocycles. The Morgan fingerprint density at radius 1 is 0.636 bits per heavy atom. The summed E-state index contributed by atoms with van der Waals surface area (Å²) >= 11 is 0. The number of nitrogens with zero attached hydrogens (tertiary/aromatic N) is 2. The quantitative estimate of drug-likeness (QED) is 0.0358. The zero-order chi connectivity index (χ0) is 38.0. The fraction of sp³-hybridized carbons (Fsp3) is 0.0192. The van der Waals surface area contributed by atoms with E-state index in [1.54, 1.807) is 6.08 Å². The summed E-state index contributed by atoms with van der Waals surface area (Å²) in [6.07, 6.45) is 13.6. The van der Waals surface area contributed by atoms with Crippen LogP contribution in [-0.2, 0) is 0 Å². The molecule has 264 valence electrons. The van der Waals surface area contributed by atoms with E-state index in [4.69, 9.17) is 10.8 Å². The molecule has 0 aliphatic heterocycles. The fourth-order valence-corrected chi connectivity index (χ4v) is 6.90.